The van der Waals surface area contributed by atoms with E-state index in [9.17, 15) is 24.3 Å². The molecule has 14 heteroatoms. The van der Waals surface area contributed by atoms with Crippen molar-refractivity contribution < 1.29 is 43.6 Å². The Hall–Kier alpha value is -3.85. The molecular formula is C21H22N4O10. The normalized spacial score (nSPS) is 25.1. The van der Waals surface area contributed by atoms with Gasteiger partial charge in [-0.3, -0.25) is 20.0 Å². The SMILES string of the molecule is C[C@@H](O)[C@@H](N)C(=O)OC[C@H]1O[C@@H](n2ccc(NO)nc2=O)[C@@H]2OC(=O)c3ccccc3C(=O)O[C@@H]21. The van der Waals surface area contributed by atoms with E-state index in [1.807, 2.05) is 0 Å². The summed E-state index contributed by atoms with van der Waals surface area (Å²) in [7, 11) is 0. The molecule has 1 saturated heterocycles. The number of carbonyl (C=O) groups excluding carboxylic acids is 3. The molecule has 0 amide bonds. The molecule has 2 aliphatic heterocycles. The summed E-state index contributed by atoms with van der Waals surface area (Å²) in [5.41, 5.74) is 6.35. The van der Waals surface area contributed by atoms with Crippen LogP contribution in [-0.2, 0) is 23.7 Å². The van der Waals surface area contributed by atoms with Crippen molar-refractivity contribution in [2.45, 2.75) is 43.6 Å². The molecule has 3 heterocycles. The Morgan fingerprint density at radius 3 is 2.37 bits per heavy atom. The fourth-order valence-electron chi connectivity index (χ4n) is 3.67. The van der Waals surface area contributed by atoms with Crippen molar-refractivity contribution in [2.24, 2.45) is 5.73 Å². The highest BCUT2D eigenvalue weighted by atomic mass is 16.7. The van der Waals surface area contributed by atoms with Gasteiger partial charge in [0.15, 0.2) is 24.3 Å². The number of fused-ring (bicyclic) bond motifs is 2. The quantitative estimate of drug-likeness (QED) is 0.217. The summed E-state index contributed by atoms with van der Waals surface area (Å²) in [6.45, 7) is 0.809. The molecule has 0 bridgehead atoms. The number of nitrogens with two attached hydrogens (primary N) is 1. The number of nitrogens with zero attached hydrogens (tertiary/aromatic N) is 2. The number of anilines is 1. The van der Waals surface area contributed by atoms with Crippen LogP contribution >= 0.6 is 0 Å². The van der Waals surface area contributed by atoms with Crippen molar-refractivity contribution in [3.63, 3.8) is 0 Å². The lowest BCUT2D eigenvalue weighted by atomic mass is 10.0. The van der Waals surface area contributed by atoms with Crippen LogP contribution in [-0.4, -0.2) is 74.8 Å². The van der Waals surface area contributed by atoms with Gasteiger partial charge in [-0.25, -0.2) is 14.4 Å². The van der Waals surface area contributed by atoms with Crippen molar-refractivity contribution in [1.29, 1.82) is 0 Å². The zero-order valence-electron chi connectivity index (χ0n) is 18.3. The number of aliphatic hydroxyl groups is 1. The Morgan fingerprint density at radius 2 is 1.80 bits per heavy atom. The number of esters is 3. The number of ether oxygens (including phenoxy) is 4. The minimum atomic E-state index is -1.34. The maximum atomic E-state index is 12.9. The summed E-state index contributed by atoms with van der Waals surface area (Å²) >= 11 is 0. The lowest BCUT2D eigenvalue weighted by molar-refractivity contribution is -0.154. The van der Waals surface area contributed by atoms with E-state index in [-0.39, 0.29) is 16.9 Å². The molecule has 0 radical (unpaired) electrons. The predicted octanol–water partition coefficient (Wildman–Crippen LogP) is -1.04. The van der Waals surface area contributed by atoms with Crippen LogP contribution in [0, 0.1) is 0 Å². The molecule has 0 spiro atoms. The zero-order chi connectivity index (χ0) is 25.3. The standard InChI is InChI=1S/C21H22N4O10/c1-9(26)14(22)20(29)32-8-12-15-16(17(33-12)25-7-6-13(24-31)23-21(25)30)35-19(28)11-5-3-2-4-10(11)18(27)34-15/h2-7,9,12,14-17,26,31H,8,22H2,1H3,(H,23,24,30)/t9-,12-,14-,15-,16-,17-/m1/s1. The van der Waals surface area contributed by atoms with Gasteiger partial charge in [-0.15, -0.1) is 0 Å². The van der Waals surface area contributed by atoms with Gasteiger partial charge in [0.1, 0.15) is 18.8 Å². The van der Waals surface area contributed by atoms with Crippen LogP contribution in [0.2, 0.25) is 0 Å². The second-order valence-corrected chi connectivity index (χ2v) is 7.86. The van der Waals surface area contributed by atoms with Crippen LogP contribution in [0.25, 0.3) is 0 Å². The average Bonchev–Trinajstić information content (AvgIpc) is 3.16. The number of aliphatic hydroxyl groups excluding tert-OH is 1. The first-order valence-corrected chi connectivity index (χ1v) is 10.5. The summed E-state index contributed by atoms with van der Waals surface area (Å²) in [5.74, 6) is -2.79. The van der Waals surface area contributed by atoms with E-state index in [0.29, 0.717) is 0 Å². The van der Waals surface area contributed by atoms with E-state index in [0.717, 1.165) is 4.57 Å². The minimum absolute atomic E-state index is 0.0384. The second-order valence-electron chi connectivity index (χ2n) is 7.86. The molecule has 186 valence electrons. The third kappa shape index (κ3) is 4.72. The molecule has 5 N–H and O–H groups in total. The van der Waals surface area contributed by atoms with Gasteiger partial charge in [-0.1, -0.05) is 12.1 Å². The highest BCUT2D eigenvalue weighted by Crippen LogP contribution is 2.36. The van der Waals surface area contributed by atoms with E-state index >= 15 is 0 Å². The lowest BCUT2D eigenvalue weighted by Gasteiger charge is -2.27. The maximum Gasteiger partial charge on any atom is 0.351 e. The van der Waals surface area contributed by atoms with Gasteiger partial charge in [0.2, 0.25) is 0 Å². The highest BCUT2D eigenvalue weighted by molar-refractivity contribution is 6.03. The third-order valence-electron chi connectivity index (χ3n) is 5.54. The molecule has 6 atom stereocenters. The fourth-order valence-corrected chi connectivity index (χ4v) is 3.67. The van der Waals surface area contributed by atoms with Crippen molar-refractivity contribution in [3.8, 4) is 0 Å². The van der Waals surface area contributed by atoms with E-state index in [1.165, 1.54) is 37.4 Å². The van der Waals surface area contributed by atoms with Crippen molar-refractivity contribution in [1.82, 2.24) is 9.55 Å². The fraction of sp³-hybridized carbons (Fsp3) is 0.381. The number of rotatable bonds is 6. The highest BCUT2D eigenvalue weighted by Gasteiger charge is 2.52. The van der Waals surface area contributed by atoms with Gasteiger partial charge < -0.3 is 29.8 Å². The first kappa shape index (κ1) is 24.3. The zero-order valence-corrected chi connectivity index (χ0v) is 18.3. The first-order chi connectivity index (χ1) is 16.7. The molecule has 0 aliphatic carbocycles. The van der Waals surface area contributed by atoms with E-state index in [2.05, 4.69) is 4.98 Å². The number of hydrogen-bond acceptors (Lipinski definition) is 13. The minimum Gasteiger partial charge on any atom is -0.462 e. The van der Waals surface area contributed by atoms with Crippen LogP contribution < -0.4 is 16.9 Å². The molecular weight excluding hydrogens is 468 g/mol. The Labute approximate surface area is 197 Å². The van der Waals surface area contributed by atoms with Crippen molar-refractivity contribution in [2.75, 3.05) is 12.1 Å². The monoisotopic (exact) mass is 490 g/mol. The Morgan fingerprint density at radius 1 is 1.17 bits per heavy atom. The summed E-state index contributed by atoms with van der Waals surface area (Å²) in [4.78, 5) is 54.0. The van der Waals surface area contributed by atoms with Gasteiger partial charge in [0.25, 0.3) is 0 Å². The van der Waals surface area contributed by atoms with Crippen LogP contribution in [0.3, 0.4) is 0 Å². The van der Waals surface area contributed by atoms with E-state index in [4.69, 9.17) is 29.9 Å². The predicted molar refractivity (Wildman–Crippen MR) is 113 cm³/mol. The molecule has 4 rings (SSSR count). The summed E-state index contributed by atoms with van der Waals surface area (Å²) in [5, 5.41) is 18.5. The van der Waals surface area contributed by atoms with Gasteiger partial charge in [-0.05, 0) is 25.1 Å². The molecule has 2 aliphatic rings. The molecule has 14 nitrogen and oxygen atoms in total. The van der Waals surface area contributed by atoms with Crippen LogP contribution in [0.1, 0.15) is 33.9 Å². The average molecular weight is 490 g/mol. The first-order valence-electron chi connectivity index (χ1n) is 10.5. The van der Waals surface area contributed by atoms with Crippen molar-refractivity contribution >= 4 is 23.7 Å². The van der Waals surface area contributed by atoms with Gasteiger partial charge in [0.05, 0.1) is 17.2 Å². The number of hydrogen-bond donors (Lipinski definition) is 4. The van der Waals surface area contributed by atoms with E-state index in [1.54, 1.807) is 11.5 Å². The summed E-state index contributed by atoms with van der Waals surface area (Å²) in [6.07, 6.45) is -5.10. The van der Waals surface area contributed by atoms with Gasteiger partial charge in [-0.2, -0.15) is 4.98 Å². The number of benzene rings is 1. The maximum absolute atomic E-state index is 12.9. The summed E-state index contributed by atoms with van der Waals surface area (Å²) < 4.78 is 23.1. The Kier molecular flexibility index (Phi) is 6.79. The number of aromatic nitrogens is 2. The molecule has 1 aromatic heterocycles. The topological polar surface area (TPSA) is 202 Å². The Balaban J connectivity index is 1.69. The van der Waals surface area contributed by atoms with Gasteiger partial charge >= 0.3 is 23.6 Å². The smallest absolute Gasteiger partial charge is 0.351 e. The number of carbonyl (C=O) groups is 3. The summed E-state index contributed by atoms with van der Waals surface area (Å²) in [6, 6.07) is 5.77. The molecule has 1 fully saturated rings. The van der Waals surface area contributed by atoms with E-state index < -0.39 is 66.9 Å². The van der Waals surface area contributed by atoms with Crippen LogP contribution in [0.4, 0.5) is 5.82 Å². The largest absolute Gasteiger partial charge is 0.462 e. The lowest BCUT2D eigenvalue weighted by Crippen LogP contribution is -2.45. The molecule has 2 aromatic rings. The number of nitrogens with one attached hydrogen (secondary N) is 1. The second kappa shape index (κ2) is 9.79. The molecule has 35 heavy (non-hydrogen) atoms. The molecule has 0 saturated carbocycles. The van der Waals surface area contributed by atoms with Crippen LogP contribution in [0.15, 0.2) is 41.3 Å². The molecule has 1 aromatic carbocycles. The van der Waals surface area contributed by atoms with Crippen LogP contribution in [0.5, 0.6) is 0 Å². The molecule has 0 unspecified atom stereocenters. The van der Waals surface area contributed by atoms with Crippen molar-refractivity contribution in [3.05, 3.63) is 58.1 Å². The van der Waals surface area contributed by atoms with Gasteiger partial charge in [0, 0.05) is 6.20 Å². The Bertz CT molecular complexity index is 1200. The third-order valence-corrected chi connectivity index (χ3v) is 5.54.